The maximum Gasteiger partial charge on any atom is 0.234 e. The fourth-order valence-corrected chi connectivity index (χ4v) is 3.28. The van der Waals surface area contributed by atoms with Crippen LogP contribution in [0.15, 0.2) is 29.3 Å². The number of piperazine rings is 1. The number of benzene rings is 1. The minimum Gasteiger partial charge on any atom is -0.356 e. The molecule has 1 saturated heterocycles. The maximum absolute atomic E-state index is 11.9. The van der Waals surface area contributed by atoms with E-state index < -0.39 is 0 Å². The monoisotopic (exact) mass is 373 g/mol. The third-order valence-corrected chi connectivity index (χ3v) is 4.91. The second-order valence-electron chi connectivity index (χ2n) is 7.73. The molecule has 0 saturated carbocycles. The topological polar surface area (TPSA) is 60.0 Å². The molecule has 0 radical (unpaired) electrons. The summed E-state index contributed by atoms with van der Waals surface area (Å²) in [6.07, 6.45) is 0. The lowest BCUT2D eigenvalue weighted by atomic mass is 10.0. The summed E-state index contributed by atoms with van der Waals surface area (Å²) in [6, 6.07) is 8.92. The Morgan fingerprint density at radius 3 is 2.30 bits per heavy atom. The van der Waals surface area contributed by atoms with Crippen LogP contribution in [0.2, 0.25) is 0 Å². The largest absolute Gasteiger partial charge is 0.356 e. The van der Waals surface area contributed by atoms with Crippen molar-refractivity contribution in [3.05, 3.63) is 35.4 Å². The summed E-state index contributed by atoms with van der Waals surface area (Å²) in [4.78, 5) is 20.9. The molecule has 1 aromatic carbocycles. The molecule has 6 heteroatoms. The van der Waals surface area contributed by atoms with Crippen molar-refractivity contribution in [2.75, 3.05) is 46.3 Å². The SMILES string of the molecule is CN=C(NCC(C)c1ccc(C)cc1)N1CCN(CC(=O)NC(C)C)CC1. The third kappa shape index (κ3) is 6.86. The molecule has 2 N–H and O–H groups in total. The minimum atomic E-state index is 0.105. The molecular weight excluding hydrogens is 338 g/mol. The van der Waals surface area contributed by atoms with Crippen molar-refractivity contribution in [3.8, 4) is 0 Å². The van der Waals surface area contributed by atoms with E-state index >= 15 is 0 Å². The summed E-state index contributed by atoms with van der Waals surface area (Å²) in [7, 11) is 1.83. The predicted molar refractivity (Wildman–Crippen MR) is 112 cm³/mol. The molecule has 1 amide bonds. The Morgan fingerprint density at radius 2 is 1.74 bits per heavy atom. The Balaban J connectivity index is 1.78. The van der Waals surface area contributed by atoms with E-state index in [1.807, 2.05) is 20.9 Å². The van der Waals surface area contributed by atoms with Crippen LogP contribution >= 0.6 is 0 Å². The number of hydrogen-bond acceptors (Lipinski definition) is 3. The molecular formula is C21H35N5O. The van der Waals surface area contributed by atoms with Gasteiger partial charge in [-0.3, -0.25) is 14.7 Å². The van der Waals surface area contributed by atoms with E-state index in [1.165, 1.54) is 11.1 Å². The average Bonchev–Trinajstić information content (AvgIpc) is 2.63. The van der Waals surface area contributed by atoms with E-state index in [1.54, 1.807) is 0 Å². The molecule has 0 bridgehead atoms. The molecule has 150 valence electrons. The summed E-state index contributed by atoms with van der Waals surface area (Å²) in [5, 5.41) is 6.47. The van der Waals surface area contributed by atoms with Crippen LogP contribution in [0.1, 0.15) is 37.8 Å². The number of guanidine groups is 1. The van der Waals surface area contributed by atoms with Crippen LogP contribution in [0.4, 0.5) is 0 Å². The summed E-state index contributed by atoms with van der Waals surface area (Å²) in [6.45, 7) is 13.2. The Morgan fingerprint density at radius 1 is 1.11 bits per heavy atom. The number of nitrogens with zero attached hydrogens (tertiary/aromatic N) is 3. The van der Waals surface area contributed by atoms with Gasteiger partial charge in [-0.2, -0.15) is 0 Å². The molecule has 6 nitrogen and oxygen atoms in total. The van der Waals surface area contributed by atoms with Crippen molar-refractivity contribution in [3.63, 3.8) is 0 Å². The molecule has 0 aromatic heterocycles. The standard InChI is InChI=1S/C21H35N5O/c1-16(2)24-20(27)15-25-10-12-26(13-11-25)21(22-5)23-14-18(4)19-8-6-17(3)7-9-19/h6-9,16,18H,10-15H2,1-5H3,(H,22,23)(H,24,27). The van der Waals surface area contributed by atoms with E-state index in [2.05, 4.69) is 63.5 Å². The van der Waals surface area contributed by atoms with E-state index in [-0.39, 0.29) is 11.9 Å². The molecule has 1 aromatic rings. The first-order valence-electron chi connectivity index (χ1n) is 9.93. The fourth-order valence-electron chi connectivity index (χ4n) is 3.28. The smallest absolute Gasteiger partial charge is 0.234 e. The molecule has 27 heavy (non-hydrogen) atoms. The van der Waals surface area contributed by atoms with Gasteiger partial charge in [0.1, 0.15) is 0 Å². The number of hydrogen-bond donors (Lipinski definition) is 2. The second-order valence-corrected chi connectivity index (χ2v) is 7.73. The molecule has 1 heterocycles. The predicted octanol–water partition coefficient (Wildman–Crippen LogP) is 1.82. The van der Waals surface area contributed by atoms with Gasteiger partial charge in [-0.15, -0.1) is 0 Å². The molecule has 0 aliphatic carbocycles. The Kier molecular flexibility index (Phi) is 8.10. The quantitative estimate of drug-likeness (QED) is 0.590. The Bertz CT molecular complexity index is 618. The van der Waals surface area contributed by atoms with Crippen molar-refractivity contribution in [1.29, 1.82) is 0 Å². The molecule has 1 fully saturated rings. The lowest BCUT2D eigenvalue weighted by Crippen LogP contribution is -2.54. The van der Waals surface area contributed by atoms with E-state index in [0.29, 0.717) is 12.5 Å². The number of carbonyl (C=O) groups is 1. The van der Waals surface area contributed by atoms with Gasteiger partial charge in [-0.05, 0) is 32.3 Å². The van der Waals surface area contributed by atoms with Gasteiger partial charge in [0.25, 0.3) is 0 Å². The molecule has 2 rings (SSSR count). The van der Waals surface area contributed by atoms with Gasteiger partial charge in [0, 0.05) is 45.8 Å². The van der Waals surface area contributed by atoms with Gasteiger partial charge < -0.3 is 15.5 Å². The van der Waals surface area contributed by atoms with Gasteiger partial charge in [0.05, 0.1) is 6.54 Å². The zero-order chi connectivity index (χ0) is 19.8. The van der Waals surface area contributed by atoms with Crippen LogP contribution in [-0.4, -0.2) is 74.0 Å². The number of nitrogens with one attached hydrogen (secondary N) is 2. The van der Waals surface area contributed by atoms with Gasteiger partial charge in [0.15, 0.2) is 5.96 Å². The van der Waals surface area contributed by atoms with Gasteiger partial charge in [-0.1, -0.05) is 36.8 Å². The number of carbonyl (C=O) groups excluding carboxylic acids is 1. The fraction of sp³-hybridized carbons (Fsp3) is 0.619. The van der Waals surface area contributed by atoms with Crippen LogP contribution in [-0.2, 0) is 4.79 Å². The molecule has 1 aliphatic rings. The van der Waals surface area contributed by atoms with Crippen molar-refractivity contribution >= 4 is 11.9 Å². The van der Waals surface area contributed by atoms with E-state index in [0.717, 1.165) is 38.7 Å². The normalized spacial score (nSPS) is 17.1. The van der Waals surface area contributed by atoms with Crippen molar-refractivity contribution in [2.45, 2.75) is 39.7 Å². The van der Waals surface area contributed by atoms with Crippen molar-refractivity contribution < 1.29 is 4.79 Å². The summed E-state index contributed by atoms with van der Waals surface area (Å²) in [5.74, 6) is 1.47. The lowest BCUT2D eigenvalue weighted by molar-refractivity contribution is -0.123. The molecule has 1 unspecified atom stereocenters. The average molecular weight is 374 g/mol. The van der Waals surface area contributed by atoms with E-state index in [9.17, 15) is 4.79 Å². The van der Waals surface area contributed by atoms with Crippen LogP contribution in [0.3, 0.4) is 0 Å². The van der Waals surface area contributed by atoms with Crippen molar-refractivity contribution in [2.24, 2.45) is 4.99 Å². The number of amides is 1. The van der Waals surface area contributed by atoms with Crippen LogP contribution in [0.25, 0.3) is 0 Å². The zero-order valence-corrected chi connectivity index (χ0v) is 17.5. The van der Waals surface area contributed by atoms with Crippen LogP contribution < -0.4 is 10.6 Å². The van der Waals surface area contributed by atoms with Crippen LogP contribution in [0, 0.1) is 6.92 Å². The number of aliphatic imine (C=N–C) groups is 1. The number of aryl methyl sites for hydroxylation is 1. The third-order valence-electron chi connectivity index (χ3n) is 4.91. The molecule has 1 aliphatic heterocycles. The molecule has 1 atom stereocenters. The minimum absolute atomic E-state index is 0.105. The molecule has 0 spiro atoms. The maximum atomic E-state index is 11.9. The summed E-state index contributed by atoms with van der Waals surface area (Å²) < 4.78 is 0. The Hall–Kier alpha value is -2.08. The van der Waals surface area contributed by atoms with Gasteiger partial charge in [-0.25, -0.2) is 0 Å². The van der Waals surface area contributed by atoms with E-state index in [4.69, 9.17) is 0 Å². The first-order valence-corrected chi connectivity index (χ1v) is 9.93. The highest BCUT2D eigenvalue weighted by atomic mass is 16.2. The highest BCUT2D eigenvalue weighted by Gasteiger charge is 2.21. The second kappa shape index (κ2) is 10.3. The van der Waals surface area contributed by atoms with Gasteiger partial charge >= 0.3 is 0 Å². The highest BCUT2D eigenvalue weighted by molar-refractivity contribution is 5.80. The van der Waals surface area contributed by atoms with Crippen molar-refractivity contribution in [1.82, 2.24) is 20.4 Å². The first kappa shape index (κ1) is 21.2. The summed E-state index contributed by atoms with van der Waals surface area (Å²) >= 11 is 0. The highest BCUT2D eigenvalue weighted by Crippen LogP contribution is 2.15. The summed E-state index contributed by atoms with van der Waals surface area (Å²) in [5.41, 5.74) is 2.62. The lowest BCUT2D eigenvalue weighted by Gasteiger charge is -2.36. The van der Waals surface area contributed by atoms with Gasteiger partial charge in [0.2, 0.25) is 5.91 Å². The van der Waals surface area contributed by atoms with Crippen LogP contribution in [0.5, 0.6) is 0 Å². The zero-order valence-electron chi connectivity index (χ0n) is 17.5. The Labute approximate surface area is 164 Å². The number of rotatable bonds is 6. The first-order chi connectivity index (χ1) is 12.9.